The van der Waals surface area contributed by atoms with E-state index in [4.69, 9.17) is 11.6 Å². The van der Waals surface area contributed by atoms with Crippen molar-refractivity contribution in [2.24, 2.45) is 5.92 Å². The quantitative estimate of drug-likeness (QED) is 0.376. The number of aryl methyl sites for hydroxylation is 1. The number of benzene rings is 1. The Balaban J connectivity index is 1.33. The van der Waals surface area contributed by atoms with Crippen LogP contribution in [0.15, 0.2) is 53.6 Å². The number of nitrogens with one attached hydrogen (secondary N) is 2. The minimum atomic E-state index is -0.432. The summed E-state index contributed by atoms with van der Waals surface area (Å²) in [5, 5.41) is 6.01. The third-order valence-corrected chi connectivity index (χ3v) is 7.48. The van der Waals surface area contributed by atoms with Crippen LogP contribution in [0.4, 0.5) is 4.39 Å². The number of rotatable bonds is 6. The number of carbonyl (C=O) groups excluding carboxylic acids is 2. The Morgan fingerprint density at radius 1 is 1.03 bits per heavy atom. The summed E-state index contributed by atoms with van der Waals surface area (Å²) < 4.78 is 17.3. The summed E-state index contributed by atoms with van der Waals surface area (Å²) in [7, 11) is 1.52. The van der Waals surface area contributed by atoms with Gasteiger partial charge in [0, 0.05) is 25.8 Å². The molecule has 5 rings (SSSR count). The third-order valence-electron chi connectivity index (χ3n) is 7.28. The van der Waals surface area contributed by atoms with E-state index in [-0.39, 0.29) is 35.2 Å². The van der Waals surface area contributed by atoms with Crippen LogP contribution in [0, 0.1) is 18.7 Å². The first-order valence-electron chi connectivity index (χ1n) is 12.8. The molecule has 1 fully saturated rings. The Hall–Kier alpha value is -4.05. The van der Waals surface area contributed by atoms with E-state index in [1.54, 1.807) is 35.8 Å². The van der Waals surface area contributed by atoms with Gasteiger partial charge in [0.1, 0.15) is 11.5 Å². The Labute approximate surface area is 229 Å². The van der Waals surface area contributed by atoms with Crippen molar-refractivity contribution in [3.05, 3.63) is 87.1 Å². The molecule has 3 aromatic heterocycles. The van der Waals surface area contributed by atoms with Gasteiger partial charge in [-0.1, -0.05) is 11.6 Å². The van der Waals surface area contributed by atoms with Gasteiger partial charge in [0.05, 0.1) is 39.2 Å². The van der Waals surface area contributed by atoms with Gasteiger partial charge in [-0.3, -0.25) is 23.7 Å². The van der Waals surface area contributed by atoms with Gasteiger partial charge in [-0.2, -0.15) is 0 Å². The van der Waals surface area contributed by atoms with Gasteiger partial charge in [-0.15, -0.1) is 0 Å². The standard InChI is InChI=1S/C28H28ClFN6O3/c1-16-22(11-18(29)13-32-16)26(37)34-20-6-3-17(4-7-20)15-35-25-12-19(30)5-10-24(25)36(28(35)39)21-8-9-23(33-14-21)27(38)31-2/h5,8-14,17,20H,3-4,6-7,15H2,1-2H3,(H,31,38)(H,34,37)/t17-,20-. The zero-order chi connectivity index (χ0) is 27.7. The van der Waals surface area contributed by atoms with Crippen molar-refractivity contribution >= 4 is 34.4 Å². The van der Waals surface area contributed by atoms with Gasteiger partial charge in [0.25, 0.3) is 11.8 Å². The number of fused-ring (bicyclic) bond motifs is 1. The predicted molar refractivity (Wildman–Crippen MR) is 146 cm³/mol. The first kappa shape index (κ1) is 26.6. The molecule has 1 aromatic carbocycles. The van der Waals surface area contributed by atoms with Crippen molar-refractivity contribution in [1.82, 2.24) is 29.7 Å². The van der Waals surface area contributed by atoms with Crippen LogP contribution in [-0.4, -0.2) is 44.0 Å². The van der Waals surface area contributed by atoms with Crippen molar-refractivity contribution in [2.45, 2.75) is 45.2 Å². The van der Waals surface area contributed by atoms with Crippen LogP contribution < -0.4 is 16.3 Å². The summed E-state index contributed by atoms with van der Waals surface area (Å²) in [4.78, 5) is 46.6. The highest BCUT2D eigenvalue weighted by atomic mass is 35.5. The van der Waals surface area contributed by atoms with E-state index in [9.17, 15) is 18.8 Å². The molecule has 1 aliphatic rings. The van der Waals surface area contributed by atoms with Gasteiger partial charge < -0.3 is 10.6 Å². The topological polar surface area (TPSA) is 111 Å². The number of imidazole rings is 1. The molecule has 9 nitrogen and oxygen atoms in total. The Kier molecular flexibility index (Phi) is 7.47. The summed E-state index contributed by atoms with van der Waals surface area (Å²) in [5.41, 5.74) is 2.55. The highest BCUT2D eigenvalue weighted by Crippen LogP contribution is 2.28. The second kappa shape index (κ2) is 11.0. The number of carbonyl (C=O) groups is 2. The molecular weight excluding hydrogens is 523 g/mol. The first-order chi connectivity index (χ1) is 18.7. The Morgan fingerprint density at radius 2 is 1.79 bits per heavy atom. The zero-order valence-electron chi connectivity index (χ0n) is 21.6. The van der Waals surface area contributed by atoms with Crippen LogP contribution >= 0.6 is 11.6 Å². The van der Waals surface area contributed by atoms with Crippen LogP contribution in [0.5, 0.6) is 0 Å². The van der Waals surface area contributed by atoms with E-state index in [1.807, 2.05) is 0 Å². The lowest BCUT2D eigenvalue weighted by Gasteiger charge is -2.29. The number of pyridine rings is 2. The fraction of sp³-hybridized carbons (Fsp3) is 0.321. The number of hydrogen-bond acceptors (Lipinski definition) is 5. The normalized spacial score (nSPS) is 17.2. The molecule has 202 valence electrons. The van der Waals surface area contributed by atoms with E-state index >= 15 is 0 Å². The van der Waals surface area contributed by atoms with E-state index in [2.05, 4.69) is 20.6 Å². The molecule has 0 bridgehead atoms. The monoisotopic (exact) mass is 550 g/mol. The molecule has 0 unspecified atom stereocenters. The van der Waals surface area contributed by atoms with Crippen molar-refractivity contribution < 1.29 is 14.0 Å². The second-order valence-electron chi connectivity index (χ2n) is 9.82. The summed E-state index contributed by atoms with van der Waals surface area (Å²) in [6, 6.07) is 9.09. The molecule has 0 radical (unpaired) electrons. The maximum absolute atomic E-state index is 14.3. The van der Waals surface area contributed by atoms with E-state index in [0.717, 1.165) is 25.7 Å². The van der Waals surface area contributed by atoms with Gasteiger partial charge in [-0.25, -0.2) is 14.2 Å². The molecule has 0 atom stereocenters. The molecule has 39 heavy (non-hydrogen) atoms. The number of hydrogen-bond donors (Lipinski definition) is 2. The van der Waals surface area contributed by atoms with Crippen molar-refractivity contribution in [3.63, 3.8) is 0 Å². The summed E-state index contributed by atoms with van der Waals surface area (Å²) >= 11 is 6.01. The van der Waals surface area contributed by atoms with Gasteiger partial charge in [0.2, 0.25) is 0 Å². The highest BCUT2D eigenvalue weighted by Gasteiger charge is 2.26. The summed E-state index contributed by atoms with van der Waals surface area (Å²) in [6.07, 6.45) is 6.10. The minimum Gasteiger partial charge on any atom is -0.354 e. The maximum atomic E-state index is 14.3. The minimum absolute atomic E-state index is 0.00699. The van der Waals surface area contributed by atoms with Crippen molar-refractivity contribution in [2.75, 3.05) is 7.05 Å². The van der Waals surface area contributed by atoms with Crippen LogP contribution in [0.2, 0.25) is 5.02 Å². The highest BCUT2D eigenvalue weighted by molar-refractivity contribution is 6.30. The van der Waals surface area contributed by atoms with Crippen LogP contribution in [0.25, 0.3) is 16.7 Å². The SMILES string of the molecule is CNC(=O)c1ccc(-n2c(=O)n(C[C@H]3CC[C@H](NC(=O)c4cc(Cl)cnc4C)CC3)c3cc(F)ccc32)cn1. The Morgan fingerprint density at radius 3 is 2.49 bits per heavy atom. The molecule has 1 aliphatic carbocycles. The zero-order valence-corrected chi connectivity index (χ0v) is 22.3. The first-order valence-corrected chi connectivity index (χ1v) is 13.1. The summed E-state index contributed by atoms with van der Waals surface area (Å²) in [6.45, 7) is 2.19. The average Bonchev–Trinajstić information content (AvgIpc) is 3.20. The van der Waals surface area contributed by atoms with Crippen LogP contribution in [-0.2, 0) is 6.54 Å². The molecule has 3 heterocycles. The fourth-order valence-corrected chi connectivity index (χ4v) is 5.34. The second-order valence-corrected chi connectivity index (χ2v) is 10.3. The van der Waals surface area contributed by atoms with Crippen molar-refractivity contribution in [3.8, 4) is 5.69 Å². The molecule has 1 saturated carbocycles. The maximum Gasteiger partial charge on any atom is 0.333 e. The molecule has 2 N–H and O–H groups in total. The number of aromatic nitrogens is 4. The van der Waals surface area contributed by atoms with Crippen LogP contribution in [0.1, 0.15) is 52.2 Å². The van der Waals surface area contributed by atoms with Crippen molar-refractivity contribution in [1.29, 1.82) is 0 Å². The molecule has 0 saturated heterocycles. The van der Waals surface area contributed by atoms with E-state index in [0.29, 0.717) is 39.5 Å². The lowest BCUT2D eigenvalue weighted by atomic mass is 9.85. The van der Waals surface area contributed by atoms with E-state index < -0.39 is 5.82 Å². The number of amides is 2. The fourth-order valence-electron chi connectivity index (χ4n) is 5.18. The molecule has 2 amide bonds. The van der Waals surface area contributed by atoms with E-state index in [1.165, 1.54) is 36.1 Å². The molecule has 11 heteroatoms. The molecule has 4 aromatic rings. The number of halogens is 2. The Bertz CT molecular complexity index is 1610. The number of nitrogens with zero attached hydrogens (tertiary/aromatic N) is 4. The lowest BCUT2D eigenvalue weighted by Crippen LogP contribution is -2.39. The summed E-state index contributed by atoms with van der Waals surface area (Å²) in [5.74, 6) is -0.776. The van der Waals surface area contributed by atoms with Crippen LogP contribution in [0.3, 0.4) is 0 Å². The van der Waals surface area contributed by atoms with Gasteiger partial charge >= 0.3 is 5.69 Å². The predicted octanol–water partition coefficient (Wildman–Crippen LogP) is 4.03. The lowest BCUT2D eigenvalue weighted by molar-refractivity contribution is 0.0917. The van der Waals surface area contributed by atoms with Gasteiger partial charge in [0.15, 0.2) is 0 Å². The largest absolute Gasteiger partial charge is 0.354 e. The smallest absolute Gasteiger partial charge is 0.333 e. The van der Waals surface area contributed by atoms with Gasteiger partial charge in [-0.05, 0) is 74.9 Å². The molecule has 0 aliphatic heterocycles. The molecule has 0 spiro atoms. The third kappa shape index (κ3) is 5.42. The molecular formula is C28H28ClFN6O3. The average molecular weight is 551 g/mol.